The highest BCUT2D eigenvalue weighted by Crippen LogP contribution is 2.21. The lowest BCUT2D eigenvalue weighted by Gasteiger charge is -2.07. The molecule has 1 aromatic carbocycles. The summed E-state index contributed by atoms with van der Waals surface area (Å²) in [7, 11) is 1.37. The molecule has 1 aromatic heterocycles. The average molecular weight is 253 g/mol. The van der Waals surface area contributed by atoms with Gasteiger partial charge < -0.3 is 9.30 Å². The first-order chi connectivity index (χ1) is 8.17. The zero-order chi connectivity index (χ0) is 12.4. The molecule has 1 heterocycles. The molecule has 0 unspecified atom stereocenters. The smallest absolute Gasteiger partial charge is 0.325 e. The number of hydrogen-bond donors (Lipinski definition) is 0. The molecule has 0 atom stereocenters. The summed E-state index contributed by atoms with van der Waals surface area (Å²) >= 11 is 5.85. The molecule has 5 heteroatoms. The Labute approximate surface area is 104 Å². The Morgan fingerprint density at radius 2 is 2.29 bits per heavy atom. The number of fused-ring (bicyclic) bond motifs is 1. The van der Waals surface area contributed by atoms with Gasteiger partial charge in [0.15, 0.2) is 0 Å². The van der Waals surface area contributed by atoms with Crippen LogP contribution < -0.4 is 0 Å². The molecule has 0 saturated heterocycles. The second-order valence-electron chi connectivity index (χ2n) is 3.77. The van der Waals surface area contributed by atoms with Crippen molar-refractivity contribution < 1.29 is 9.53 Å². The predicted octanol–water partition coefficient (Wildman–Crippen LogP) is 2.26. The number of methoxy groups -OCH3 is 1. The Morgan fingerprint density at radius 3 is 2.94 bits per heavy atom. The van der Waals surface area contributed by atoms with Crippen molar-refractivity contribution in [3.8, 4) is 0 Å². The van der Waals surface area contributed by atoms with Gasteiger partial charge in [0.2, 0.25) is 0 Å². The van der Waals surface area contributed by atoms with Crippen LogP contribution in [0.15, 0.2) is 18.2 Å². The number of carbonyl (C=O) groups excluding carboxylic acids is 1. The molecule has 17 heavy (non-hydrogen) atoms. The lowest BCUT2D eigenvalue weighted by molar-refractivity contribution is -0.141. The van der Waals surface area contributed by atoms with Crippen molar-refractivity contribution in [2.75, 3.05) is 7.11 Å². The molecule has 0 amide bonds. The van der Waals surface area contributed by atoms with E-state index in [-0.39, 0.29) is 18.4 Å². The number of nitrogens with zero attached hydrogens (tertiary/aromatic N) is 2. The second kappa shape index (κ2) is 4.75. The Kier molecular flexibility index (Phi) is 3.33. The van der Waals surface area contributed by atoms with Gasteiger partial charge in [-0.05, 0) is 18.6 Å². The molecular weight excluding hydrogens is 240 g/mol. The highest BCUT2D eigenvalue weighted by molar-refractivity contribution is 6.16. The summed E-state index contributed by atoms with van der Waals surface area (Å²) in [5, 5.41) is 0. The van der Waals surface area contributed by atoms with Crippen LogP contribution in [0.3, 0.4) is 0 Å². The summed E-state index contributed by atoms with van der Waals surface area (Å²) in [6.07, 6.45) is 0. The molecule has 2 rings (SSSR count). The third-order valence-electron chi connectivity index (χ3n) is 2.68. The van der Waals surface area contributed by atoms with Crippen LogP contribution in [0.1, 0.15) is 11.4 Å². The third kappa shape index (κ3) is 2.13. The summed E-state index contributed by atoms with van der Waals surface area (Å²) in [6.45, 7) is 2.12. The van der Waals surface area contributed by atoms with Crippen molar-refractivity contribution >= 4 is 28.6 Å². The van der Waals surface area contributed by atoms with Gasteiger partial charge in [-0.3, -0.25) is 4.79 Å². The molecule has 0 spiro atoms. The maximum absolute atomic E-state index is 11.4. The summed E-state index contributed by atoms with van der Waals surface area (Å²) in [5.74, 6) is 0.644. The van der Waals surface area contributed by atoms with Crippen LogP contribution in [0.4, 0.5) is 0 Å². The van der Waals surface area contributed by atoms with E-state index < -0.39 is 0 Å². The predicted molar refractivity (Wildman–Crippen MR) is 66.0 cm³/mol. The lowest BCUT2D eigenvalue weighted by atomic mass is 10.2. The Bertz CT molecular complexity index is 563. The molecule has 2 aromatic rings. The molecule has 0 radical (unpaired) electrons. The van der Waals surface area contributed by atoms with Gasteiger partial charge in [-0.2, -0.15) is 0 Å². The van der Waals surface area contributed by atoms with E-state index >= 15 is 0 Å². The van der Waals surface area contributed by atoms with Crippen LogP contribution in [-0.2, 0) is 22.0 Å². The SMILES string of the molecule is COC(=O)Cn1c(CCl)nc2cccc(C)c21. The van der Waals surface area contributed by atoms with Crippen LogP contribution >= 0.6 is 11.6 Å². The van der Waals surface area contributed by atoms with Crippen LogP contribution in [0.2, 0.25) is 0 Å². The van der Waals surface area contributed by atoms with E-state index in [9.17, 15) is 4.79 Å². The third-order valence-corrected chi connectivity index (χ3v) is 2.92. The highest BCUT2D eigenvalue weighted by atomic mass is 35.5. The molecular formula is C12H13ClN2O2. The maximum Gasteiger partial charge on any atom is 0.325 e. The minimum atomic E-state index is -0.307. The quantitative estimate of drug-likeness (QED) is 0.622. The number of halogens is 1. The van der Waals surface area contributed by atoms with Crippen molar-refractivity contribution in [3.05, 3.63) is 29.6 Å². The van der Waals surface area contributed by atoms with E-state index in [1.54, 1.807) is 0 Å². The highest BCUT2D eigenvalue weighted by Gasteiger charge is 2.14. The van der Waals surface area contributed by atoms with Crippen molar-refractivity contribution in [2.24, 2.45) is 0 Å². The zero-order valence-electron chi connectivity index (χ0n) is 9.74. The minimum Gasteiger partial charge on any atom is -0.468 e. The number of rotatable bonds is 3. The van der Waals surface area contributed by atoms with E-state index in [0.29, 0.717) is 5.82 Å². The zero-order valence-corrected chi connectivity index (χ0v) is 10.5. The van der Waals surface area contributed by atoms with E-state index in [4.69, 9.17) is 11.6 Å². The monoisotopic (exact) mass is 252 g/mol. The molecule has 0 aliphatic carbocycles. The lowest BCUT2D eigenvalue weighted by Crippen LogP contribution is -2.13. The Hall–Kier alpha value is -1.55. The number of para-hydroxylation sites is 1. The van der Waals surface area contributed by atoms with Gasteiger partial charge in [-0.25, -0.2) is 4.98 Å². The van der Waals surface area contributed by atoms with Gasteiger partial charge in [-0.1, -0.05) is 12.1 Å². The molecule has 4 nitrogen and oxygen atoms in total. The number of hydrogen-bond acceptors (Lipinski definition) is 3. The largest absolute Gasteiger partial charge is 0.468 e. The van der Waals surface area contributed by atoms with E-state index in [2.05, 4.69) is 9.72 Å². The number of benzene rings is 1. The van der Waals surface area contributed by atoms with E-state index in [0.717, 1.165) is 16.6 Å². The summed E-state index contributed by atoms with van der Waals surface area (Å²) in [6, 6.07) is 5.83. The van der Waals surface area contributed by atoms with Crippen molar-refractivity contribution in [1.82, 2.24) is 9.55 Å². The van der Waals surface area contributed by atoms with Crippen LogP contribution in [0.25, 0.3) is 11.0 Å². The Balaban J connectivity index is 2.61. The number of alkyl halides is 1. The second-order valence-corrected chi connectivity index (χ2v) is 4.03. The van der Waals surface area contributed by atoms with Gasteiger partial charge in [0.05, 0.1) is 24.0 Å². The minimum absolute atomic E-state index is 0.139. The summed E-state index contributed by atoms with van der Waals surface area (Å²) in [4.78, 5) is 15.8. The van der Waals surface area contributed by atoms with E-state index in [1.807, 2.05) is 29.7 Å². The van der Waals surface area contributed by atoms with Gasteiger partial charge in [0, 0.05) is 0 Å². The number of carbonyl (C=O) groups is 1. The first-order valence-electron chi connectivity index (χ1n) is 5.25. The molecule has 0 saturated carbocycles. The fraction of sp³-hybridized carbons (Fsp3) is 0.333. The fourth-order valence-corrected chi connectivity index (χ4v) is 2.08. The topological polar surface area (TPSA) is 44.1 Å². The van der Waals surface area contributed by atoms with Crippen LogP contribution in [0, 0.1) is 6.92 Å². The first kappa shape index (κ1) is 11.9. The first-order valence-corrected chi connectivity index (χ1v) is 5.78. The fourth-order valence-electron chi connectivity index (χ4n) is 1.88. The average Bonchev–Trinajstić information content (AvgIpc) is 2.68. The number of esters is 1. The van der Waals surface area contributed by atoms with Gasteiger partial charge in [-0.15, -0.1) is 11.6 Å². The number of aromatic nitrogens is 2. The van der Waals surface area contributed by atoms with Crippen molar-refractivity contribution in [3.63, 3.8) is 0 Å². The van der Waals surface area contributed by atoms with E-state index in [1.165, 1.54) is 7.11 Å². The van der Waals surface area contributed by atoms with Crippen LogP contribution in [-0.4, -0.2) is 22.6 Å². The number of imidazole rings is 1. The Morgan fingerprint density at radius 1 is 1.53 bits per heavy atom. The number of aryl methyl sites for hydroxylation is 1. The van der Waals surface area contributed by atoms with Crippen LogP contribution in [0.5, 0.6) is 0 Å². The normalized spacial score (nSPS) is 10.8. The van der Waals surface area contributed by atoms with Gasteiger partial charge in [0.25, 0.3) is 0 Å². The summed E-state index contributed by atoms with van der Waals surface area (Å²) < 4.78 is 6.49. The van der Waals surface area contributed by atoms with Crippen molar-refractivity contribution in [1.29, 1.82) is 0 Å². The molecule has 0 aliphatic rings. The molecule has 0 bridgehead atoms. The van der Waals surface area contributed by atoms with Gasteiger partial charge in [0.1, 0.15) is 12.4 Å². The molecule has 0 fully saturated rings. The van der Waals surface area contributed by atoms with Gasteiger partial charge >= 0.3 is 5.97 Å². The molecule has 0 N–H and O–H groups in total. The molecule has 0 aliphatic heterocycles. The molecule has 90 valence electrons. The van der Waals surface area contributed by atoms with Crippen molar-refractivity contribution in [2.45, 2.75) is 19.3 Å². The summed E-state index contributed by atoms with van der Waals surface area (Å²) in [5.41, 5.74) is 2.85. The maximum atomic E-state index is 11.4. The standard InChI is InChI=1S/C12H13ClN2O2/c1-8-4-3-5-9-12(8)15(7-11(16)17-2)10(6-13)14-9/h3-5H,6-7H2,1-2H3. The number of ether oxygens (including phenoxy) is 1.